The lowest BCUT2D eigenvalue weighted by molar-refractivity contribution is -0.183. The molecule has 302 valence electrons. The number of amides is 2. The van der Waals surface area contributed by atoms with Crippen molar-refractivity contribution in [2.75, 3.05) is 25.2 Å². The number of methoxy groups -OCH3 is 1. The van der Waals surface area contributed by atoms with Gasteiger partial charge in [-0.1, -0.05) is 17.3 Å². The summed E-state index contributed by atoms with van der Waals surface area (Å²) in [5.74, 6) is -2.07. The molecule has 1 aliphatic heterocycles. The van der Waals surface area contributed by atoms with Gasteiger partial charge in [-0.25, -0.2) is 24.2 Å². The highest BCUT2D eigenvalue weighted by atomic mass is 35.5. The summed E-state index contributed by atoms with van der Waals surface area (Å²) in [5.41, 5.74) is -3.65. The number of tetrazole rings is 1. The van der Waals surface area contributed by atoms with Gasteiger partial charge in [-0.2, -0.15) is 20.1 Å². The fourth-order valence-corrected chi connectivity index (χ4v) is 5.72. The van der Waals surface area contributed by atoms with Gasteiger partial charge in [0, 0.05) is 6.42 Å². The van der Waals surface area contributed by atoms with Crippen LogP contribution in [0, 0.1) is 0 Å². The van der Waals surface area contributed by atoms with E-state index < -0.39 is 83.2 Å². The molecule has 0 spiro atoms. The number of carbonyl (C=O) groups excluding carboxylic acids is 4. The van der Waals surface area contributed by atoms with Crippen molar-refractivity contribution in [1.29, 1.82) is 0 Å². The Morgan fingerprint density at radius 1 is 0.982 bits per heavy atom. The van der Waals surface area contributed by atoms with Crippen LogP contribution in [0.1, 0.15) is 76.4 Å². The summed E-state index contributed by atoms with van der Waals surface area (Å²) >= 11 is 6.32. The van der Waals surface area contributed by atoms with Crippen molar-refractivity contribution in [2.24, 2.45) is 0 Å². The molecular weight excluding hydrogens is 762 g/mol. The van der Waals surface area contributed by atoms with E-state index in [1.165, 1.54) is 30.1 Å². The van der Waals surface area contributed by atoms with Crippen LogP contribution in [0.25, 0.3) is 11.2 Å². The number of aromatic nitrogens is 8. The van der Waals surface area contributed by atoms with Gasteiger partial charge in [0.2, 0.25) is 16.7 Å². The molecule has 0 bridgehead atoms. The average Bonchev–Trinajstić information content (AvgIpc) is 3.86. The largest absolute Gasteiger partial charge is 0.465 e. The van der Waals surface area contributed by atoms with Crippen LogP contribution in [0.2, 0.25) is 5.28 Å². The van der Waals surface area contributed by atoms with E-state index in [1.54, 1.807) is 60.6 Å². The number of imidazole rings is 1. The van der Waals surface area contributed by atoms with Gasteiger partial charge in [-0.15, -0.1) is 10.2 Å². The van der Waals surface area contributed by atoms with Crippen molar-refractivity contribution < 1.29 is 57.8 Å². The number of nitrogens with one attached hydrogen (secondary N) is 1. The number of hydrogen-bond donors (Lipinski definition) is 3. The first kappa shape index (κ1) is 41.8. The molecule has 22 heteroatoms. The first-order valence-electron chi connectivity index (χ1n) is 17.2. The zero-order valence-electron chi connectivity index (χ0n) is 31.8. The van der Waals surface area contributed by atoms with Gasteiger partial charge >= 0.3 is 24.1 Å². The van der Waals surface area contributed by atoms with Crippen molar-refractivity contribution in [3.05, 3.63) is 52.8 Å². The zero-order chi connectivity index (χ0) is 41.2. The number of esters is 2. The predicted molar refractivity (Wildman–Crippen MR) is 191 cm³/mol. The Labute approximate surface area is 324 Å². The van der Waals surface area contributed by atoms with Crippen LogP contribution in [0.5, 0.6) is 0 Å². The lowest BCUT2D eigenvalue weighted by Crippen LogP contribution is -2.46. The average molecular weight is 804 g/mol. The Balaban J connectivity index is 1.48. The maximum absolute atomic E-state index is 13.7. The highest BCUT2D eigenvalue weighted by Gasteiger charge is 2.51. The molecule has 5 atom stereocenters. The third kappa shape index (κ3) is 9.02. The van der Waals surface area contributed by atoms with Crippen LogP contribution in [-0.2, 0) is 45.2 Å². The number of halogens is 1. The summed E-state index contributed by atoms with van der Waals surface area (Å²) in [6, 6.07) is 6.13. The molecule has 5 rings (SSSR count). The number of aliphatic hydroxyl groups excluding tert-OH is 2. The number of aliphatic hydroxyl groups is 2. The molecule has 1 unspecified atom stereocenters. The molecule has 4 heterocycles. The van der Waals surface area contributed by atoms with E-state index in [4.69, 9.17) is 40.0 Å². The van der Waals surface area contributed by atoms with E-state index >= 15 is 0 Å². The second kappa shape index (κ2) is 16.4. The van der Waals surface area contributed by atoms with Crippen LogP contribution in [-0.4, -0.2) is 124 Å². The SMILES string of the molecule is CCOC(=O)C(Cc1ccc(C(=O)OC)cc1)(OC[C@H]1O[C@@H](n2cnc3c(N(C(=O)OC(C)(C)C)C(=O)OC(C)(C)C)nc(Cl)nc32)[C@H](O)[C@@H]1O)c1nn[nH]n1. The van der Waals surface area contributed by atoms with Gasteiger partial charge < -0.3 is 38.6 Å². The summed E-state index contributed by atoms with van der Waals surface area (Å²) in [4.78, 5) is 65.7. The Morgan fingerprint density at radius 3 is 2.18 bits per heavy atom. The van der Waals surface area contributed by atoms with Gasteiger partial charge in [-0.05, 0) is 77.8 Å². The molecule has 0 aliphatic carbocycles. The molecule has 4 aromatic rings. The number of hydrogen-bond acceptors (Lipinski definition) is 18. The first-order chi connectivity index (χ1) is 26.3. The Bertz CT molecular complexity index is 2020. The molecule has 56 heavy (non-hydrogen) atoms. The van der Waals surface area contributed by atoms with Gasteiger partial charge in [0.1, 0.15) is 29.5 Å². The summed E-state index contributed by atoms with van der Waals surface area (Å²) < 4.78 is 34.6. The number of ether oxygens (including phenoxy) is 6. The van der Waals surface area contributed by atoms with E-state index in [1.807, 2.05) is 0 Å². The number of imide groups is 1. The number of nitrogens with zero attached hydrogens (tertiary/aromatic N) is 8. The number of benzene rings is 1. The van der Waals surface area contributed by atoms with Crippen LogP contribution in [0.15, 0.2) is 30.6 Å². The molecule has 3 aromatic heterocycles. The molecule has 3 N–H and O–H groups in total. The van der Waals surface area contributed by atoms with Crippen molar-refractivity contribution in [3.63, 3.8) is 0 Å². The molecular formula is C34H42ClN9O12. The van der Waals surface area contributed by atoms with Crippen molar-refractivity contribution >= 4 is 52.7 Å². The molecule has 1 aromatic carbocycles. The monoisotopic (exact) mass is 803 g/mol. The van der Waals surface area contributed by atoms with E-state index in [0.717, 1.165) is 0 Å². The first-order valence-corrected chi connectivity index (χ1v) is 17.6. The van der Waals surface area contributed by atoms with E-state index in [-0.39, 0.29) is 35.6 Å². The van der Waals surface area contributed by atoms with Crippen LogP contribution in [0.4, 0.5) is 15.4 Å². The van der Waals surface area contributed by atoms with Gasteiger partial charge in [0.05, 0.1) is 32.2 Å². The number of anilines is 1. The second-order valence-corrected chi connectivity index (χ2v) is 14.8. The number of carbonyl (C=O) groups is 4. The molecule has 1 saturated heterocycles. The fourth-order valence-electron chi connectivity index (χ4n) is 5.56. The highest BCUT2D eigenvalue weighted by Crippen LogP contribution is 2.37. The lowest BCUT2D eigenvalue weighted by atomic mass is 9.92. The van der Waals surface area contributed by atoms with Gasteiger partial charge in [0.25, 0.3) is 0 Å². The Kier molecular flexibility index (Phi) is 12.2. The van der Waals surface area contributed by atoms with Crippen molar-refractivity contribution in [3.8, 4) is 0 Å². The standard InChI is InChI=1S/C34H42ClN9O12/c1-9-52-28(48)34(27-39-41-42-40-27,14-17-10-12-18(13-11-17)26(47)51-8)53-15-19-21(45)22(46)25(54-19)43-16-36-20-23(43)37-29(35)38-24(20)44(30(49)55-32(2,3)4)31(50)56-33(5,6)7/h10-13,16,19,21-22,25,45-46H,9,14-15H2,1-8H3,(H,39,40,41,42)/t19-,21-,22-,25-,34?/m1/s1. The zero-order valence-corrected chi connectivity index (χ0v) is 32.5. The van der Waals surface area contributed by atoms with Crippen molar-refractivity contribution in [2.45, 2.75) is 96.2 Å². The summed E-state index contributed by atoms with van der Waals surface area (Å²) in [7, 11) is 1.25. The van der Waals surface area contributed by atoms with Crippen LogP contribution >= 0.6 is 11.6 Å². The highest BCUT2D eigenvalue weighted by molar-refractivity contribution is 6.29. The number of rotatable bonds is 11. The molecule has 0 radical (unpaired) electrons. The van der Waals surface area contributed by atoms with E-state index in [0.29, 0.717) is 10.5 Å². The normalized spacial score (nSPS) is 19.6. The van der Waals surface area contributed by atoms with Gasteiger partial charge in [0.15, 0.2) is 23.2 Å². The number of aromatic amines is 1. The van der Waals surface area contributed by atoms with E-state index in [2.05, 4.69) is 35.6 Å². The topological polar surface area (TPSA) is 265 Å². The minimum atomic E-state index is -2.06. The smallest absolute Gasteiger partial charge is 0.425 e. The summed E-state index contributed by atoms with van der Waals surface area (Å²) in [5, 5.41) is 36.0. The quantitative estimate of drug-likeness (QED) is 0.112. The number of fused-ring (bicyclic) bond motifs is 1. The molecule has 21 nitrogen and oxygen atoms in total. The molecule has 0 saturated carbocycles. The summed E-state index contributed by atoms with van der Waals surface area (Å²) in [6.45, 7) is 10.6. The maximum Gasteiger partial charge on any atom is 0.425 e. The third-order valence-electron chi connectivity index (χ3n) is 7.98. The van der Waals surface area contributed by atoms with Crippen molar-refractivity contribution in [1.82, 2.24) is 40.1 Å². The van der Waals surface area contributed by atoms with E-state index in [9.17, 15) is 29.4 Å². The van der Waals surface area contributed by atoms with Gasteiger partial charge in [-0.3, -0.25) is 4.57 Å². The minimum absolute atomic E-state index is 0.0498. The van der Waals surface area contributed by atoms with Crippen LogP contribution < -0.4 is 4.90 Å². The number of H-pyrrole nitrogens is 1. The lowest BCUT2D eigenvalue weighted by Gasteiger charge is -2.30. The molecule has 1 fully saturated rings. The Morgan fingerprint density at radius 2 is 1.62 bits per heavy atom. The predicted octanol–water partition coefficient (Wildman–Crippen LogP) is 2.79. The minimum Gasteiger partial charge on any atom is -0.465 e. The second-order valence-electron chi connectivity index (χ2n) is 14.4. The fraction of sp³-hybridized carbons (Fsp3) is 0.529. The molecule has 1 aliphatic rings. The third-order valence-corrected chi connectivity index (χ3v) is 8.15. The molecule has 2 amide bonds. The maximum atomic E-state index is 13.7. The Hall–Kier alpha value is -5.35. The van der Waals surface area contributed by atoms with Crippen LogP contribution in [0.3, 0.4) is 0 Å². The summed E-state index contributed by atoms with van der Waals surface area (Å²) in [6.07, 6.45) is -7.35.